The Labute approximate surface area is 192 Å². The topological polar surface area (TPSA) is 96.9 Å². The highest BCUT2D eigenvalue weighted by atomic mass is 35.5. The Morgan fingerprint density at radius 1 is 1.23 bits per heavy atom. The number of nitrogens with one attached hydrogen (secondary N) is 2. The third-order valence-electron chi connectivity index (χ3n) is 5.07. The molecule has 1 aromatic carbocycles. The number of benzene rings is 1. The summed E-state index contributed by atoms with van der Waals surface area (Å²) < 4.78 is 15.0. The van der Waals surface area contributed by atoms with Gasteiger partial charge in [0.15, 0.2) is 5.13 Å². The van der Waals surface area contributed by atoms with E-state index in [0.29, 0.717) is 27.4 Å². The number of aryl methyl sites for hydroxylation is 1. The minimum Gasteiger partial charge on any atom is -0.325 e. The van der Waals surface area contributed by atoms with Crippen molar-refractivity contribution in [1.82, 2.24) is 15.0 Å². The molecule has 1 aliphatic rings. The summed E-state index contributed by atoms with van der Waals surface area (Å²) in [6.45, 7) is 5.50. The number of amides is 1. The van der Waals surface area contributed by atoms with E-state index in [1.807, 2.05) is 50.4 Å². The van der Waals surface area contributed by atoms with Crippen molar-refractivity contribution in [2.45, 2.75) is 44.3 Å². The van der Waals surface area contributed by atoms with Crippen LogP contribution in [-0.2, 0) is 21.2 Å². The minimum atomic E-state index is -1.11. The monoisotopic (exact) mass is 475 g/mol. The molecule has 4 rings (SSSR count). The summed E-state index contributed by atoms with van der Waals surface area (Å²) in [7, 11) is -1.11. The predicted molar refractivity (Wildman–Crippen MR) is 126 cm³/mol. The van der Waals surface area contributed by atoms with Gasteiger partial charge in [-0.2, -0.15) is 0 Å². The Bertz CT molecular complexity index is 1140. The average molecular weight is 476 g/mol. The molecule has 0 aliphatic heterocycles. The number of nitrogens with zero attached hydrogens (tertiary/aromatic N) is 3. The first-order valence-electron chi connectivity index (χ1n) is 9.78. The van der Waals surface area contributed by atoms with Crippen LogP contribution in [0.25, 0.3) is 11.3 Å². The summed E-state index contributed by atoms with van der Waals surface area (Å²) in [6, 6.07) is 7.37. The Kier molecular flexibility index (Phi) is 6.09. The van der Waals surface area contributed by atoms with Crippen molar-refractivity contribution < 1.29 is 9.00 Å². The van der Waals surface area contributed by atoms with Gasteiger partial charge in [0.05, 0.1) is 33.9 Å². The first kappa shape index (κ1) is 21.9. The van der Waals surface area contributed by atoms with Gasteiger partial charge in [0.25, 0.3) is 0 Å². The number of aromatic nitrogens is 3. The highest BCUT2D eigenvalue weighted by molar-refractivity contribution is 7.87. The lowest BCUT2D eigenvalue weighted by Crippen LogP contribution is -2.35. The summed E-state index contributed by atoms with van der Waals surface area (Å²) in [6.07, 6.45) is 3.47. The average Bonchev–Trinajstić information content (AvgIpc) is 3.49. The fraction of sp³-hybridized carbons (Fsp3) is 0.333. The van der Waals surface area contributed by atoms with Crippen LogP contribution < -0.4 is 10.0 Å². The Hall–Kier alpha value is -2.36. The number of hydrogen-bond acceptors (Lipinski definition) is 6. The fourth-order valence-electron chi connectivity index (χ4n) is 2.88. The second-order valence-electron chi connectivity index (χ2n) is 7.92. The largest absolute Gasteiger partial charge is 0.325 e. The van der Waals surface area contributed by atoms with Gasteiger partial charge in [0.1, 0.15) is 16.1 Å². The van der Waals surface area contributed by atoms with E-state index < -0.39 is 16.4 Å². The molecule has 2 aromatic heterocycles. The minimum absolute atomic E-state index is 0.181. The summed E-state index contributed by atoms with van der Waals surface area (Å²) in [4.78, 5) is 26.0. The van der Waals surface area contributed by atoms with Crippen molar-refractivity contribution in [3.8, 4) is 11.3 Å². The molecule has 1 amide bonds. The van der Waals surface area contributed by atoms with E-state index in [1.54, 1.807) is 0 Å². The van der Waals surface area contributed by atoms with Gasteiger partial charge in [0.2, 0.25) is 5.91 Å². The van der Waals surface area contributed by atoms with Crippen molar-refractivity contribution in [3.05, 3.63) is 52.4 Å². The van der Waals surface area contributed by atoms with Crippen molar-refractivity contribution >= 4 is 50.6 Å². The Morgan fingerprint density at radius 2 is 1.94 bits per heavy atom. The summed E-state index contributed by atoms with van der Waals surface area (Å²) in [5, 5.41) is 5.90. The molecule has 1 unspecified atom stereocenters. The number of hydrogen-bond donors (Lipinski definition) is 2. The van der Waals surface area contributed by atoms with Crippen molar-refractivity contribution in [2.75, 3.05) is 10.0 Å². The summed E-state index contributed by atoms with van der Waals surface area (Å²) in [5.74, 6) is -0.181. The molecule has 0 saturated heterocycles. The smallest absolute Gasteiger partial charge is 0.236 e. The van der Waals surface area contributed by atoms with Gasteiger partial charge in [-0.15, -0.1) is 11.3 Å². The van der Waals surface area contributed by atoms with E-state index in [1.165, 1.54) is 17.5 Å². The molecule has 1 aliphatic carbocycles. The van der Waals surface area contributed by atoms with Crippen LogP contribution in [0.3, 0.4) is 0 Å². The molecule has 1 saturated carbocycles. The molecule has 2 heterocycles. The fourth-order valence-corrected chi connectivity index (χ4v) is 5.12. The molecule has 1 fully saturated rings. The molecule has 1 atom stereocenters. The number of carbonyl (C=O) groups excluding carboxylic acids is 1. The first-order chi connectivity index (χ1) is 14.7. The molecular weight excluding hydrogens is 454 g/mol. The van der Waals surface area contributed by atoms with E-state index in [0.717, 1.165) is 24.1 Å². The number of halogens is 1. The van der Waals surface area contributed by atoms with Crippen LogP contribution in [0, 0.1) is 6.92 Å². The van der Waals surface area contributed by atoms with Crippen molar-refractivity contribution in [3.63, 3.8) is 0 Å². The van der Waals surface area contributed by atoms with Gasteiger partial charge in [-0.05, 0) is 45.7 Å². The molecule has 10 heteroatoms. The second kappa shape index (κ2) is 8.64. The van der Waals surface area contributed by atoms with Crippen LogP contribution in [-0.4, -0.2) is 30.3 Å². The molecule has 162 valence electrons. The predicted octanol–water partition coefficient (Wildman–Crippen LogP) is 4.72. The number of thiazole rings is 1. The van der Waals surface area contributed by atoms with Crippen LogP contribution >= 0.6 is 22.9 Å². The molecule has 3 aromatic rings. The molecule has 0 spiro atoms. The van der Waals surface area contributed by atoms with Crippen LogP contribution in [0.5, 0.6) is 0 Å². The lowest BCUT2D eigenvalue weighted by Gasteiger charge is -2.21. The third-order valence-corrected chi connectivity index (χ3v) is 7.61. The van der Waals surface area contributed by atoms with E-state index in [2.05, 4.69) is 25.0 Å². The molecule has 0 radical (unpaired) electrons. The molecular formula is C21H22ClN5O2S2. The lowest BCUT2D eigenvalue weighted by molar-refractivity contribution is -0.120. The maximum Gasteiger partial charge on any atom is 0.236 e. The number of carbonyl (C=O) groups is 1. The van der Waals surface area contributed by atoms with Gasteiger partial charge in [0, 0.05) is 16.6 Å². The zero-order valence-corrected chi connectivity index (χ0v) is 19.7. The van der Waals surface area contributed by atoms with Gasteiger partial charge in [-0.1, -0.05) is 23.7 Å². The number of anilines is 2. The van der Waals surface area contributed by atoms with E-state index in [-0.39, 0.29) is 11.2 Å². The van der Waals surface area contributed by atoms with E-state index >= 15 is 0 Å². The van der Waals surface area contributed by atoms with Crippen LogP contribution in [0.2, 0.25) is 5.15 Å². The van der Waals surface area contributed by atoms with Crippen molar-refractivity contribution in [2.24, 2.45) is 0 Å². The molecule has 2 N–H and O–H groups in total. The van der Waals surface area contributed by atoms with Crippen LogP contribution in [0.15, 0.2) is 35.8 Å². The SMILES string of the molecule is Cc1ncc(Cl)nc1-c1ccc(NC(=O)C(C)(C)c2csc(NS(=O)C3CC3)n2)cc1. The highest BCUT2D eigenvalue weighted by Crippen LogP contribution is 2.32. The van der Waals surface area contributed by atoms with E-state index in [9.17, 15) is 9.00 Å². The zero-order valence-electron chi connectivity index (χ0n) is 17.3. The van der Waals surface area contributed by atoms with Gasteiger partial charge < -0.3 is 5.32 Å². The summed E-state index contributed by atoms with van der Waals surface area (Å²) in [5.41, 5.74) is 2.79. The van der Waals surface area contributed by atoms with Crippen LogP contribution in [0.1, 0.15) is 38.1 Å². The zero-order chi connectivity index (χ0) is 22.2. The second-order valence-corrected chi connectivity index (χ2v) is 10.6. The normalized spacial score (nSPS) is 14.8. The Balaban J connectivity index is 1.45. The van der Waals surface area contributed by atoms with Crippen molar-refractivity contribution in [1.29, 1.82) is 0 Å². The quantitative estimate of drug-likeness (QED) is 0.515. The summed E-state index contributed by atoms with van der Waals surface area (Å²) >= 11 is 7.32. The molecule has 0 bridgehead atoms. The standard InChI is InChI=1S/C21H22ClN5O2S2/c1-12-18(26-17(22)10-23-12)13-4-6-14(7-5-13)24-19(28)21(2,3)16-11-30-20(25-16)27-31(29)15-8-9-15/h4-7,10-11,15H,8-9H2,1-3H3,(H,24,28)(H,25,27). The van der Waals surface area contributed by atoms with E-state index in [4.69, 9.17) is 11.6 Å². The Morgan fingerprint density at radius 3 is 2.61 bits per heavy atom. The molecule has 31 heavy (non-hydrogen) atoms. The highest BCUT2D eigenvalue weighted by Gasteiger charge is 2.34. The van der Waals surface area contributed by atoms with Crippen LogP contribution in [0.4, 0.5) is 10.8 Å². The first-order valence-corrected chi connectivity index (χ1v) is 12.3. The third kappa shape index (κ3) is 4.94. The molecule has 7 nitrogen and oxygen atoms in total. The maximum absolute atomic E-state index is 13.0. The van der Waals surface area contributed by atoms with Gasteiger partial charge in [-0.3, -0.25) is 14.5 Å². The number of rotatable bonds is 7. The van der Waals surface area contributed by atoms with Gasteiger partial charge >= 0.3 is 0 Å². The lowest BCUT2D eigenvalue weighted by atomic mass is 9.89. The van der Waals surface area contributed by atoms with Gasteiger partial charge in [-0.25, -0.2) is 14.2 Å². The maximum atomic E-state index is 13.0.